The molecule has 2 fully saturated rings. The van der Waals surface area contributed by atoms with Crippen molar-refractivity contribution in [3.05, 3.63) is 52.9 Å². The standard InChI is InChI=1S/C30H35N3O5/c1-31-9-11-32(12-10-31)13-14-33-24-8-7-21(37-2)17-22(24)23(29(33)19-5-3-4-6-19)18-27-30(36)28-25(35)15-20(34)16-26(28)38-27/h7-8,15-19,34-35H,3-6,9-14H2,1-2H3. The molecule has 3 heterocycles. The van der Waals surface area contributed by atoms with Gasteiger partial charge in [0.2, 0.25) is 5.78 Å². The van der Waals surface area contributed by atoms with E-state index in [1.54, 1.807) is 7.11 Å². The lowest BCUT2D eigenvalue weighted by Gasteiger charge is -2.32. The van der Waals surface area contributed by atoms with E-state index in [1.165, 1.54) is 30.7 Å². The summed E-state index contributed by atoms with van der Waals surface area (Å²) in [4.78, 5) is 18.2. The molecule has 0 radical (unpaired) electrons. The van der Waals surface area contributed by atoms with E-state index in [0.29, 0.717) is 5.92 Å². The van der Waals surface area contributed by atoms with Crippen LogP contribution in [0.3, 0.4) is 0 Å². The Hall–Kier alpha value is -3.49. The van der Waals surface area contributed by atoms with Crippen molar-refractivity contribution < 1.29 is 24.5 Å². The summed E-state index contributed by atoms with van der Waals surface area (Å²) in [6.45, 7) is 6.13. The fourth-order valence-corrected chi connectivity index (χ4v) is 6.26. The van der Waals surface area contributed by atoms with Crippen LogP contribution in [0.1, 0.15) is 53.2 Å². The summed E-state index contributed by atoms with van der Waals surface area (Å²) >= 11 is 0. The molecule has 0 bridgehead atoms. The van der Waals surface area contributed by atoms with E-state index < -0.39 is 0 Å². The van der Waals surface area contributed by atoms with E-state index in [0.717, 1.165) is 74.3 Å². The molecule has 2 N–H and O–H groups in total. The maximum Gasteiger partial charge on any atom is 0.235 e. The maximum atomic E-state index is 13.3. The third-order valence-corrected chi connectivity index (χ3v) is 8.34. The Bertz CT molecular complexity index is 1410. The van der Waals surface area contributed by atoms with Gasteiger partial charge in [0.1, 0.15) is 28.6 Å². The number of nitrogens with zero attached hydrogens (tertiary/aromatic N) is 3. The van der Waals surface area contributed by atoms with Crippen LogP contribution in [-0.2, 0) is 6.54 Å². The highest BCUT2D eigenvalue weighted by molar-refractivity contribution is 6.17. The Kier molecular flexibility index (Phi) is 6.53. The van der Waals surface area contributed by atoms with E-state index in [9.17, 15) is 15.0 Å². The topological polar surface area (TPSA) is 87.4 Å². The number of aromatic nitrogens is 1. The highest BCUT2D eigenvalue weighted by Gasteiger charge is 2.33. The zero-order chi connectivity index (χ0) is 26.4. The molecule has 0 amide bonds. The van der Waals surface area contributed by atoms with Gasteiger partial charge in [-0.15, -0.1) is 0 Å². The highest BCUT2D eigenvalue weighted by Crippen LogP contribution is 2.44. The SMILES string of the molecule is COc1ccc2c(c1)c(C=C1Oc3cc(O)cc(O)c3C1=O)c(C1CCCC1)n2CCN1CCN(C)CC1. The molecule has 1 aromatic heterocycles. The number of rotatable bonds is 6. The second-order valence-electron chi connectivity index (χ2n) is 10.7. The van der Waals surface area contributed by atoms with Crippen molar-refractivity contribution in [3.8, 4) is 23.0 Å². The summed E-state index contributed by atoms with van der Waals surface area (Å²) in [5, 5.41) is 21.3. The summed E-state index contributed by atoms with van der Waals surface area (Å²) < 4.78 is 14.0. The zero-order valence-electron chi connectivity index (χ0n) is 22.1. The minimum atomic E-state index is -0.379. The van der Waals surface area contributed by atoms with Crippen LogP contribution in [0.2, 0.25) is 0 Å². The van der Waals surface area contributed by atoms with Crippen LogP contribution in [0.25, 0.3) is 17.0 Å². The molecule has 200 valence electrons. The predicted molar refractivity (Wildman–Crippen MR) is 146 cm³/mol. The lowest BCUT2D eigenvalue weighted by atomic mass is 9.97. The number of likely N-dealkylation sites (N-methyl/N-ethyl adjacent to an activating group) is 1. The van der Waals surface area contributed by atoms with Crippen LogP contribution in [0.5, 0.6) is 23.0 Å². The van der Waals surface area contributed by atoms with E-state index in [-0.39, 0.29) is 34.4 Å². The first-order chi connectivity index (χ1) is 18.4. The number of ether oxygens (including phenoxy) is 2. The molecule has 2 aromatic carbocycles. The van der Waals surface area contributed by atoms with Gasteiger partial charge in [0.25, 0.3) is 0 Å². The molecule has 38 heavy (non-hydrogen) atoms. The Morgan fingerprint density at radius 1 is 1.05 bits per heavy atom. The van der Waals surface area contributed by atoms with Crippen molar-refractivity contribution in [3.63, 3.8) is 0 Å². The van der Waals surface area contributed by atoms with Crippen molar-refractivity contribution in [2.45, 2.75) is 38.1 Å². The quantitative estimate of drug-likeness (QED) is 0.463. The van der Waals surface area contributed by atoms with Crippen molar-refractivity contribution in [2.24, 2.45) is 0 Å². The van der Waals surface area contributed by atoms with Crippen LogP contribution in [-0.4, -0.2) is 77.2 Å². The first-order valence-electron chi connectivity index (χ1n) is 13.5. The van der Waals surface area contributed by atoms with Crippen LogP contribution in [0.15, 0.2) is 36.1 Å². The minimum absolute atomic E-state index is 0.0906. The average molecular weight is 518 g/mol. The smallest absolute Gasteiger partial charge is 0.235 e. The first-order valence-corrected chi connectivity index (χ1v) is 13.5. The number of ketones is 1. The number of methoxy groups -OCH3 is 1. The fraction of sp³-hybridized carbons (Fsp3) is 0.433. The molecule has 0 spiro atoms. The monoisotopic (exact) mass is 517 g/mol. The van der Waals surface area contributed by atoms with Crippen molar-refractivity contribution in [1.29, 1.82) is 0 Å². The Morgan fingerprint density at radius 2 is 1.82 bits per heavy atom. The van der Waals surface area contributed by atoms with E-state index in [4.69, 9.17) is 9.47 Å². The Morgan fingerprint density at radius 3 is 2.55 bits per heavy atom. The second kappa shape index (κ2) is 10.0. The molecular weight excluding hydrogens is 482 g/mol. The first kappa shape index (κ1) is 24.8. The number of carbonyl (C=O) groups is 1. The molecule has 8 heteroatoms. The number of hydrogen-bond acceptors (Lipinski definition) is 7. The van der Waals surface area contributed by atoms with Crippen molar-refractivity contribution in [2.75, 3.05) is 46.9 Å². The zero-order valence-corrected chi connectivity index (χ0v) is 22.1. The van der Waals surface area contributed by atoms with E-state index >= 15 is 0 Å². The number of phenols is 2. The molecule has 1 saturated carbocycles. The van der Waals surface area contributed by atoms with Gasteiger partial charge in [0, 0.05) is 73.6 Å². The molecular formula is C30H35N3O5. The maximum absolute atomic E-state index is 13.3. The van der Waals surface area contributed by atoms with Crippen molar-refractivity contribution in [1.82, 2.24) is 14.4 Å². The van der Waals surface area contributed by atoms with Crippen LogP contribution >= 0.6 is 0 Å². The number of benzene rings is 2. The largest absolute Gasteiger partial charge is 0.508 e. The van der Waals surface area contributed by atoms with Gasteiger partial charge in [0.15, 0.2) is 5.76 Å². The van der Waals surface area contributed by atoms with Gasteiger partial charge in [-0.2, -0.15) is 0 Å². The molecule has 1 saturated heterocycles. The molecule has 3 aliphatic rings. The van der Waals surface area contributed by atoms with Gasteiger partial charge in [-0.05, 0) is 50.1 Å². The van der Waals surface area contributed by atoms with Gasteiger partial charge in [0.05, 0.1) is 7.11 Å². The number of Topliss-reactive ketones (excluding diaryl/α,β-unsaturated/α-hetero) is 1. The summed E-state index contributed by atoms with van der Waals surface area (Å²) in [5.74, 6) is 0.683. The fourth-order valence-electron chi connectivity index (χ4n) is 6.26. The molecule has 1 aliphatic carbocycles. The number of allylic oxidation sites excluding steroid dienone is 1. The van der Waals surface area contributed by atoms with Gasteiger partial charge < -0.3 is 29.2 Å². The van der Waals surface area contributed by atoms with Crippen molar-refractivity contribution >= 4 is 22.8 Å². The third kappa shape index (κ3) is 4.41. The van der Waals surface area contributed by atoms with E-state index in [2.05, 4.69) is 27.5 Å². The van der Waals surface area contributed by atoms with Gasteiger partial charge in [-0.3, -0.25) is 9.69 Å². The molecule has 0 atom stereocenters. The van der Waals surface area contributed by atoms with Gasteiger partial charge >= 0.3 is 0 Å². The van der Waals surface area contributed by atoms with Crippen LogP contribution in [0.4, 0.5) is 0 Å². The van der Waals surface area contributed by atoms with Gasteiger partial charge in [-0.1, -0.05) is 12.8 Å². The lowest BCUT2D eigenvalue weighted by Crippen LogP contribution is -2.45. The molecule has 8 nitrogen and oxygen atoms in total. The summed E-state index contributed by atoms with van der Waals surface area (Å²) in [7, 11) is 3.84. The third-order valence-electron chi connectivity index (χ3n) is 8.34. The van der Waals surface area contributed by atoms with Crippen LogP contribution < -0.4 is 9.47 Å². The number of hydrogen-bond donors (Lipinski definition) is 2. The predicted octanol–water partition coefficient (Wildman–Crippen LogP) is 4.58. The van der Waals surface area contributed by atoms with Crippen LogP contribution in [0, 0.1) is 0 Å². The normalized spacial score (nSPS) is 19.9. The number of aromatic hydroxyl groups is 2. The summed E-state index contributed by atoms with van der Waals surface area (Å²) in [6.07, 6.45) is 6.44. The molecule has 2 aliphatic heterocycles. The number of carbonyl (C=O) groups excluding carboxylic acids is 1. The molecule has 3 aromatic rings. The highest BCUT2D eigenvalue weighted by atomic mass is 16.5. The van der Waals surface area contributed by atoms with E-state index in [1.807, 2.05) is 18.2 Å². The molecule has 0 unspecified atom stereocenters. The number of piperazine rings is 1. The number of phenolic OH excluding ortho intramolecular Hbond substituents is 2. The Labute approximate surface area is 222 Å². The minimum Gasteiger partial charge on any atom is -0.508 e. The number of fused-ring (bicyclic) bond motifs is 2. The average Bonchev–Trinajstić information content (AvgIpc) is 3.61. The molecule has 6 rings (SSSR count). The Balaban J connectivity index is 1.46. The lowest BCUT2D eigenvalue weighted by molar-refractivity contribution is 0.101. The second-order valence-corrected chi connectivity index (χ2v) is 10.7. The summed E-state index contributed by atoms with van der Waals surface area (Å²) in [5.41, 5.74) is 3.43. The van der Waals surface area contributed by atoms with Gasteiger partial charge in [-0.25, -0.2) is 0 Å². The summed E-state index contributed by atoms with van der Waals surface area (Å²) in [6, 6.07) is 8.70.